The summed E-state index contributed by atoms with van der Waals surface area (Å²) in [5.41, 5.74) is 4.58. The Bertz CT molecular complexity index is 941. The smallest absolute Gasteiger partial charge is 0.262 e. The van der Waals surface area contributed by atoms with Crippen molar-refractivity contribution in [2.45, 2.75) is 39.8 Å². The van der Waals surface area contributed by atoms with Gasteiger partial charge in [-0.15, -0.1) is 0 Å². The van der Waals surface area contributed by atoms with Crippen LogP contribution in [0, 0.1) is 13.8 Å². The number of anilines is 1. The molecular weight excluding hydrogens is 326 g/mol. The van der Waals surface area contributed by atoms with Gasteiger partial charge in [-0.3, -0.25) is 14.2 Å². The van der Waals surface area contributed by atoms with Crippen molar-refractivity contribution in [1.29, 1.82) is 0 Å². The summed E-state index contributed by atoms with van der Waals surface area (Å²) in [6.45, 7) is 7.28. The highest BCUT2D eigenvalue weighted by Crippen LogP contribution is 2.33. The highest BCUT2D eigenvalue weighted by Gasteiger charge is 2.32. The predicted molar refractivity (Wildman–Crippen MR) is 100 cm³/mol. The minimum atomic E-state index is 0.0176. The first kappa shape index (κ1) is 16.6. The number of fused-ring (bicyclic) bond motifs is 1. The molecule has 0 spiro atoms. The molecule has 1 amide bonds. The van der Waals surface area contributed by atoms with Gasteiger partial charge in [0.15, 0.2) is 0 Å². The highest BCUT2D eigenvalue weighted by molar-refractivity contribution is 6.08. The van der Waals surface area contributed by atoms with Gasteiger partial charge >= 0.3 is 0 Å². The minimum Gasteiger partial charge on any atom is -0.306 e. The number of nitrogens with zero attached hydrogens (tertiary/aromatic N) is 5. The Morgan fingerprint density at radius 3 is 2.73 bits per heavy atom. The Morgan fingerprint density at radius 1 is 1.23 bits per heavy atom. The van der Waals surface area contributed by atoms with Crippen molar-refractivity contribution in [3.8, 4) is 0 Å². The van der Waals surface area contributed by atoms with E-state index in [1.807, 2.05) is 65.5 Å². The Kier molecular flexibility index (Phi) is 4.11. The van der Waals surface area contributed by atoms with Gasteiger partial charge in [0.05, 0.1) is 17.3 Å². The third-order valence-corrected chi connectivity index (χ3v) is 5.17. The van der Waals surface area contributed by atoms with Crippen LogP contribution in [0.5, 0.6) is 0 Å². The molecule has 0 fully saturated rings. The van der Waals surface area contributed by atoms with Crippen molar-refractivity contribution in [2.75, 3.05) is 11.4 Å². The molecule has 0 bridgehead atoms. The maximum Gasteiger partial charge on any atom is 0.262 e. The van der Waals surface area contributed by atoms with Crippen molar-refractivity contribution >= 4 is 11.6 Å². The summed E-state index contributed by atoms with van der Waals surface area (Å²) in [5, 5.41) is 8.92. The molecule has 134 valence electrons. The third-order valence-electron chi connectivity index (χ3n) is 5.17. The van der Waals surface area contributed by atoms with E-state index in [0.29, 0.717) is 12.1 Å². The summed E-state index contributed by atoms with van der Waals surface area (Å²) < 4.78 is 3.84. The maximum atomic E-state index is 13.5. The number of hydrogen-bond acceptors (Lipinski definition) is 3. The highest BCUT2D eigenvalue weighted by atomic mass is 16.2. The zero-order valence-corrected chi connectivity index (χ0v) is 15.4. The predicted octanol–water partition coefficient (Wildman–Crippen LogP) is 3.16. The number of hydrogen-bond donors (Lipinski definition) is 0. The third kappa shape index (κ3) is 2.62. The zero-order chi connectivity index (χ0) is 18.3. The maximum absolute atomic E-state index is 13.5. The molecule has 0 N–H and O–H groups in total. The van der Waals surface area contributed by atoms with E-state index in [4.69, 9.17) is 0 Å². The van der Waals surface area contributed by atoms with Gasteiger partial charge in [-0.2, -0.15) is 10.2 Å². The van der Waals surface area contributed by atoms with E-state index in [9.17, 15) is 4.79 Å². The molecule has 1 atom stereocenters. The van der Waals surface area contributed by atoms with E-state index in [1.54, 1.807) is 6.20 Å². The summed E-state index contributed by atoms with van der Waals surface area (Å²) in [7, 11) is 0. The van der Waals surface area contributed by atoms with Crippen LogP contribution in [-0.4, -0.2) is 32.0 Å². The zero-order valence-electron chi connectivity index (χ0n) is 15.4. The summed E-state index contributed by atoms with van der Waals surface area (Å²) >= 11 is 0. The largest absolute Gasteiger partial charge is 0.306 e. The van der Waals surface area contributed by atoms with E-state index in [1.165, 1.54) is 5.56 Å². The van der Waals surface area contributed by atoms with Gasteiger partial charge in [0.1, 0.15) is 0 Å². The number of benzene rings is 1. The second-order valence-electron chi connectivity index (χ2n) is 6.75. The van der Waals surface area contributed by atoms with Crippen molar-refractivity contribution in [2.24, 2.45) is 0 Å². The van der Waals surface area contributed by atoms with Gasteiger partial charge in [0.25, 0.3) is 5.91 Å². The van der Waals surface area contributed by atoms with Crippen LogP contribution in [0.25, 0.3) is 0 Å². The Morgan fingerprint density at radius 2 is 2.04 bits per heavy atom. The Labute approximate surface area is 153 Å². The standard InChI is InChI=1S/C20H23N5O/c1-4-24-15(3)19(14(2)22-24)20(26)23-13-17(25-11-7-10-21-25)12-16-8-5-6-9-18(16)23/h5-11,17H,4,12-13H2,1-3H3. The van der Waals surface area contributed by atoms with Gasteiger partial charge in [0.2, 0.25) is 0 Å². The molecule has 1 aromatic carbocycles. The normalized spacial score (nSPS) is 16.6. The quantitative estimate of drug-likeness (QED) is 0.730. The number of aryl methyl sites for hydroxylation is 2. The van der Waals surface area contributed by atoms with Crippen molar-refractivity contribution in [1.82, 2.24) is 19.6 Å². The molecule has 1 aliphatic heterocycles. The van der Waals surface area contributed by atoms with Crippen LogP contribution in [0.1, 0.15) is 40.3 Å². The molecule has 4 rings (SSSR count). The molecule has 3 aromatic rings. The Balaban J connectivity index is 1.77. The van der Waals surface area contributed by atoms with Gasteiger partial charge in [-0.1, -0.05) is 18.2 Å². The number of aromatic nitrogens is 4. The van der Waals surface area contributed by atoms with Crippen LogP contribution in [-0.2, 0) is 13.0 Å². The van der Waals surface area contributed by atoms with Crippen LogP contribution >= 0.6 is 0 Å². The number of rotatable bonds is 3. The van der Waals surface area contributed by atoms with E-state index in [-0.39, 0.29) is 11.9 Å². The Hall–Kier alpha value is -2.89. The number of carbonyl (C=O) groups excluding carboxylic acids is 1. The molecule has 0 radical (unpaired) electrons. The SMILES string of the molecule is CCn1nc(C)c(C(=O)N2CC(n3cccn3)Cc3ccccc32)c1C. The lowest BCUT2D eigenvalue weighted by Gasteiger charge is -2.34. The molecule has 1 unspecified atom stereocenters. The summed E-state index contributed by atoms with van der Waals surface area (Å²) in [6, 6.07) is 10.2. The van der Waals surface area contributed by atoms with Gasteiger partial charge < -0.3 is 4.90 Å². The average molecular weight is 349 g/mol. The second kappa shape index (κ2) is 6.44. The van der Waals surface area contributed by atoms with E-state index >= 15 is 0 Å². The molecule has 26 heavy (non-hydrogen) atoms. The van der Waals surface area contributed by atoms with E-state index < -0.39 is 0 Å². The van der Waals surface area contributed by atoms with Gasteiger partial charge in [-0.05, 0) is 44.9 Å². The second-order valence-corrected chi connectivity index (χ2v) is 6.75. The first-order valence-corrected chi connectivity index (χ1v) is 9.03. The first-order chi connectivity index (χ1) is 12.6. The minimum absolute atomic E-state index is 0.0176. The van der Waals surface area contributed by atoms with Crippen LogP contribution in [0.3, 0.4) is 0 Å². The lowest BCUT2D eigenvalue weighted by Crippen LogP contribution is -2.41. The van der Waals surface area contributed by atoms with E-state index in [0.717, 1.165) is 30.0 Å². The molecule has 1 aliphatic rings. The fraction of sp³-hybridized carbons (Fsp3) is 0.350. The molecule has 6 nitrogen and oxygen atoms in total. The summed E-state index contributed by atoms with van der Waals surface area (Å²) in [4.78, 5) is 15.4. The van der Waals surface area contributed by atoms with Gasteiger partial charge in [-0.25, -0.2) is 0 Å². The average Bonchev–Trinajstić information content (AvgIpc) is 3.28. The fourth-order valence-electron chi connectivity index (χ4n) is 3.89. The number of carbonyl (C=O) groups is 1. The number of para-hydroxylation sites is 1. The molecule has 0 saturated carbocycles. The van der Waals surface area contributed by atoms with E-state index in [2.05, 4.69) is 16.3 Å². The summed E-state index contributed by atoms with van der Waals surface area (Å²) in [5.74, 6) is 0.0176. The van der Waals surface area contributed by atoms with Gasteiger partial charge in [0, 0.05) is 36.9 Å². The molecule has 0 aliphatic carbocycles. The van der Waals surface area contributed by atoms with Crippen LogP contribution in [0.2, 0.25) is 0 Å². The molecular formula is C20H23N5O. The van der Waals surface area contributed by atoms with Crippen molar-refractivity contribution in [3.63, 3.8) is 0 Å². The first-order valence-electron chi connectivity index (χ1n) is 9.03. The number of amides is 1. The summed E-state index contributed by atoms with van der Waals surface area (Å²) in [6.07, 6.45) is 4.62. The van der Waals surface area contributed by atoms with Crippen LogP contribution < -0.4 is 4.90 Å². The van der Waals surface area contributed by atoms with Crippen LogP contribution in [0.4, 0.5) is 5.69 Å². The topological polar surface area (TPSA) is 56.0 Å². The monoisotopic (exact) mass is 349 g/mol. The molecule has 6 heteroatoms. The van der Waals surface area contributed by atoms with Crippen molar-refractivity contribution in [3.05, 3.63) is 65.2 Å². The lowest BCUT2D eigenvalue weighted by molar-refractivity contribution is 0.0978. The molecule has 0 saturated heterocycles. The molecule has 3 heterocycles. The van der Waals surface area contributed by atoms with Crippen LogP contribution in [0.15, 0.2) is 42.7 Å². The fourth-order valence-corrected chi connectivity index (χ4v) is 3.89. The lowest BCUT2D eigenvalue weighted by atomic mass is 9.97. The molecule has 2 aromatic heterocycles. The van der Waals surface area contributed by atoms with Crippen molar-refractivity contribution < 1.29 is 4.79 Å².